The fourth-order valence-corrected chi connectivity index (χ4v) is 3.96. The summed E-state index contributed by atoms with van der Waals surface area (Å²) in [5, 5.41) is 12.6. The third-order valence-electron chi connectivity index (χ3n) is 4.47. The molecule has 0 bridgehead atoms. The molecule has 3 aromatic rings. The molecule has 1 heterocycles. The molecule has 3 rings (SSSR count). The van der Waals surface area contributed by atoms with E-state index in [2.05, 4.69) is 10.3 Å². The standard InChI is InChI=1S/C20H20N2O3S/c1-13(18(23)24)21-19(25)20(2,14-8-4-3-5-9-14)12-17-22-15-10-6-7-11-16(15)26-17/h3-11,13H,12H2,1-2H3,(H,21,25)(H,23,24)/t13-,20?/m0/s1. The molecule has 2 atom stereocenters. The lowest BCUT2D eigenvalue weighted by molar-refractivity contribution is -0.142. The normalized spacial score (nSPS) is 14.5. The van der Waals surface area contributed by atoms with Gasteiger partial charge >= 0.3 is 5.97 Å². The monoisotopic (exact) mass is 368 g/mol. The Morgan fingerprint density at radius 1 is 1.15 bits per heavy atom. The molecule has 0 saturated carbocycles. The summed E-state index contributed by atoms with van der Waals surface area (Å²) in [7, 11) is 0. The maximum atomic E-state index is 13.0. The predicted molar refractivity (Wildman–Crippen MR) is 102 cm³/mol. The number of hydrogen-bond donors (Lipinski definition) is 2. The van der Waals surface area contributed by atoms with Crippen LogP contribution in [0, 0.1) is 0 Å². The van der Waals surface area contributed by atoms with Gasteiger partial charge in [-0.2, -0.15) is 0 Å². The van der Waals surface area contributed by atoms with Gasteiger partial charge in [0.2, 0.25) is 5.91 Å². The number of carboxylic acid groups (broad SMARTS) is 1. The number of rotatable bonds is 6. The molecular weight excluding hydrogens is 348 g/mol. The third-order valence-corrected chi connectivity index (χ3v) is 5.51. The lowest BCUT2D eigenvalue weighted by atomic mass is 9.78. The highest BCUT2D eigenvalue weighted by Crippen LogP contribution is 2.32. The van der Waals surface area contributed by atoms with Crippen molar-refractivity contribution in [2.24, 2.45) is 0 Å². The summed E-state index contributed by atoms with van der Waals surface area (Å²) in [5.41, 5.74) is 0.815. The van der Waals surface area contributed by atoms with E-state index in [1.54, 1.807) is 11.3 Å². The molecule has 0 aliphatic rings. The predicted octanol–water partition coefficient (Wildman–Crippen LogP) is 3.39. The van der Waals surface area contributed by atoms with Crippen LogP contribution in [0.15, 0.2) is 54.6 Å². The molecule has 0 aliphatic carbocycles. The van der Waals surface area contributed by atoms with Crippen LogP contribution in [0.4, 0.5) is 0 Å². The minimum absolute atomic E-state index is 0.321. The SMILES string of the molecule is C[C@H](NC(=O)C(C)(Cc1nc2ccccc2s1)c1ccccc1)C(=O)O. The third kappa shape index (κ3) is 3.60. The second kappa shape index (κ2) is 7.25. The van der Waals surface area contributed by atoms with Crippen LogP contribution in [-0.4, -0.2) is 28.0 Å². The van der Waals surface area contributed by atoms with E-state index in [4.69, 9.17) is 5.11 Å². The zero-order chi connectivity index (χ0) is 18.7. The van der Waals surface area contributed by atoms with Gasteiger partial charge in [-0.1, -0.05) is 42.5 Å². The van der Waals surface area contributed by atoms with E-state index in [1.165, 1.54) is 6.92 Å². The lowest BCUT2D eigenvalue weighted by Gasteiger charge is -2.29. The largest absolute Gasteiger partial charge is 0.480 e. The molecule has 0 saturated heterocycles. The minimum atomic E-state index is -1.06. The molecule has 0 radical (unpaired) electrons. The van der Waals surface area contributed by atoms with Crippen molar-refractivity contribution < 1.29 is 14.7 Å². The topological polar surface area (TPSA) is 79.3 Å². The number of aromatic nitrogens is 1. The first-order chi connectivity index (χ1) is 12.4. The average molecular weight is 368 g/mol. The Labute approximate surface area is 155 Å². The number of fused-ring (bicyclic) bond motifs is 1. The van der Waals surface area contributed by atoms with Gasteiger partial charge in [-0.3, -0.25) is 9.59 Å². The van der Waals surface area contributed by atoms with Gasteiger partial charge in [-0.15, -0.1) is 11.3 Å². The van der Waals surface area contributed by atoms with Crippen LogP contribution < -0.4 is 5.32 Å². The van der Waals surface area contributed by atoms with E-state index in [9.17, 15) is 9.59 Å². The van der Waals surface area contributed by atoms with Crippen LogP contribution in [0.25, 0.3) is 10.2 Å². The second-order valence-electron chi connectivity index (χ2n) is 6.48. The number of carbonyl (C=O) groups is 2. The van der Waals surface area contributed by atoms with Crippen molar-refractivity contribution in [3.63, 3.8) is 0 Å². The van der Waals surface area contributed by atoms with Gasteiger partial charge in [0.25, 0.3) is 0 Å². The van der Waals surface area contributed by atoms with Crippen LogP contribution in [0.5, 0.6) is 0 Å². The lowest BCUT2D eigenvalue weighted by Crippen LogP contribution is -2.49. The van der Waals surface area contributed by atoms with E-state index in [-0.39, 0.29) is 5.91 Å². The minimum Gasteiger partial charge on any atom is -0.480 e. The highest BCUT2D eigenvalue weighted by atomic mass is 32.1. The van der Waals surface area contributed by atoms with Crippen molar-refractivity contribution in [1.29, 1.82) is 0 Å². The van der Waals surface area contributed by atoms with Crippen molar-refractivity contribution >= 4 is 33.4 Å². The molecule has 0 aliphatic heterocycles. The van der Waals surface area contributed by atoms with Gasteiger partial charge in [-0.25, -0.2) is 4.98 Å². The smallest absolute Gasteiger partial charge is 0.325 e. The number of aliphatic carboxylic acids is 1. The first-order valence-electron chi connectivity index (χ1n) is 8.34. The fourth-order valence-electron chi connectivity index (χ4n) is 2.84. The van der Waals surface area contributed by atoms with Gasteiger partial charge in [-0.05, 0) is 31.5 Å². The van der Waals surface area contributed by atoms with Crippen molar-refractivity contribution in [2.45, 2.75) is 31.7 Å². The quantitative estimate of drug-likeness (QED) is 0.699. The summed E-state index contributed by atoms with van der Waals surface area (Å²) in [6.45, 7) is 3.29. The summed E-state index contributed by atoms with van der Waals surface area (Å²) < 4.78 is 1.07. The van der Waals surface area contributed by atoms with E-state index < -0.39 is 17.4 Å². The molecule has 0 spiro atoms. The summed E-state index contributed by atoms with van der Waals surface area (Å²) in [4.78, 5) is 28.8. The first-order valence-corrected chi connectivity index (χ1v) is 9.15. The number of carbonyl (C=O) groups excluding carboxylic acids is 1. The Hall–Kier alpha value is -2.73. The number of thiazole rings is 1. The van der Waals surface area contributed by atoms with Gasteiger partial charge < -0.3 is 10.4 Å². The molecule has 2 aromatic carbocycles. The molecule has 2 N–H and O–H groups in total. The summed E-state index contributed by atoms with van der Waals surface area (Å²) >= 11 is 1.55. The Balaban J connectivity index is 1.97. The van der Waals surface area contributed by atoms with Crippen LogP contribution in [0.2, 0.25) is 0 Å². The summed E-state index contributed by atoms with van der Waals surface area (Å²) in [5.74, 6) is -1.38. The van der Waals surface area contributed by atoms with Crippen LogP contribution >= 0.6 is 11.3 Å². The van der Waals surface area contributed by atoms with Crippen LogP contribution in [0.1, 0.15) is 24.4 Å². The van der Waals surface area contributed by atoms with Gasteiger partial charge in [0.05, 0.1) is 20.6 Å². The molecular formula is C20H20N2O3S. The molecule has 6 heteroatoms. The Bertz CT molecular complexity index is 905. The van der Waals surface area contributed by atoms with Crippen molar-refractivity contribution in [3.05, 3.63) is 65.2 Å². The number of benzene rings is 2. The zero-order valence-electron chi connectivity index (χ0n) is 14.6. The number of carboxylic acids is 1. The molecule has 0 fully saturated rings. The molecule has 134 valence electrons. The summed E-state index contributed by atoms with van der Waals surface area (Å²) in [6.07, 6.45) is 0.397. The summed E-state index contributed by atoms with van der Waals surface area (Å²) in [6, 6.07) is 16.3. The van der Waals surface area contributed by atoms with Crippen molar-refractivity contribution in [3.8, 4) is 0 Å². The Morgan fingerprint density at radius 3 is 2.46 bits per heavy atom. The maximum Gasteiger partial charge on any atom is 0.325 e. The molecule has 1 amide bonds. The van der Waals surface area contributed by atoms with Gasteiger partial charge in [0.15, 0.2) is 0 Å². The number of hydrogen-bond acceptors (Lipinski definition) is 4. The molecule has 5 nitrogen and oxygen atoms in total. The van der Waals surface area contributed by atoms with Crippen molar-refractivity contribution in [2.75, 3.05) is 0 Å². The zero-order valence-corrected chi connectivity index (χ0v) is 15.4. The fraction of sp³-hybridized carbons (Fsp3) is 0.250. The molecule has 1 aromatic heterocycles. The highest BCUT2D eigenvalue weighted by molar-refractivity contribution is 7.18. The van der Waals surface area contributed by atoms with Gasteiger partial charge in [0.1, 0.15) is 6.04 Å². The van der Waals surface area contributed by atoms with E-state index in [1.807, 2.05) is 61.5 Å². The van der Waals surface area contributed by atoms with E-state index in [0.717, 1.165) is 20.8 Å². The Morgan fingerprint density at radius 2 is 1.81 bits per heavy atom. The van der Waals surface area contributed by atoms with E-state index >= 15 is 0 Å². The van der Waals surface area contributed by atoms with Crippen LogP contribution in [-0.2, 0) is 21.4 Å². The maximum absolute atomic E-state index is 13.0. The van der Waals surface area contributed by atoms with Crippen LogP contribution in [0.3, 0.4) is 0 Å². The Kier molecular flexibility index (Phi) is 5.04. The van der Waals surface area contributed by atoms with Crippen molar-refractivity contribution in [1.82, 2.24) is 10.3 Å². The first kappa shape index (κ1) is 18.1. The highest BCUT2D eigenvalue weighted by Gasteiger charge is 2.37. The second-order valence-corrected chi connectivity index (χ2v) is 7.60. The van der Waals surface area contributed by atoms with Gasteiger partial charge in [0, 0.05) is 6.42 Å². The molecule has 1 unspecified atom stereocenters. The number of amides is 1. The number of para-hydroxylation sites is 1. The number of nitrogens with one attached hydrogen (secondary N) is 1. The average Bonchev–Trinajstić information content (AvgIpc) is 3.04. The number of nitrogens with zero attached hydrogens (tertiary/aromatic N) is 1. The van der Waals surface area contributed by atoms with E-state index in [0.29, 0.717) is 6.42 Å². The molecule has 26 heavy (non-hydrogen) atoms.